The van der Waals surface area contributed by atoms with Gasteiger partial charge in [-0.15, -0.1) is 20.2 Å². The van der Waals surface area contributed by atoms with Gasteiger partial charge in [-0.1, -0.05) is 0 Å². The van der Waals surface area contributed by atoms with E-state index in [1.54, 1.807) is 0 Å². The van der Waals surface area contributed by atoms with Crippen LogP contribution in [0.3, 0.4) is 0 Å². The molecule has 15 heavy (non-hydrogen) atoms. The van der Waals surface area contributed by atoms with E-state index in [0.29, 0.717) is 0 Å². The van der Waals surface area contributed by atoms with Gasteiger partial charge in [-0.2, -0.15) is 0 Å². The Kier molecular flexibility index (Phi) is 6.07. The molecule has 10 nitrogen and oxygen atoms in total. The molecule has 0 radical (unpaired) electrons. The molecular formula is C4H7AlN2O8. The lowest BCUT2D eigenvalue weighted by molar-refractivity contribution is -0.790. The van der Waals surface area contributed by atoms with Crippen LogP contribution >= 0.6 is 0 Å². The number of hydrogen-bond acceptors (Lipinski definition) is 8. The summed E-state index contributed by atoms with van der Waals surface area (Å²) in [5.74, 6) is 0. The second-order valence-electron chi connectivity index (χ2n) is 2.27. The van der Waals surface area contributed by atoms with E-state index < -0.39 is 34.3 Å². The van der Waals surface area contributed by atoms with E-state index in [-0.39, 0.29) is 16.3 Å². The lowest BCUT2D eigenvalue weighted by Gasteiger charge is -2.13. The summed E-state index contributed by atoms with van der Waals surface area (Å²) in [6, 6.07) is 0. The van der Waals surface area contributed by atoms with Gasteiger partial charge in [-0.05, 0) is 0 Å². The van der Waals surface area contributed by atoms with Gasteiger partial charge in [0.15, 0.2) is 10.9 Å². The molecule has 0 amide bonds. The highest BCUT2D eigenvalue weighted by molar-refractivity contribution is 6.55. The van der Waals surface area contributed by atoms with Gasteiger partial charge in [-0.25, -0.2) is 0 Å². The molecule has 11 heteroatoms. The van der Waals surface area contributed by atoms with Gasteiger partial charge in [-0.3, -0.25) is 4.79 Å². The lowest BCUT2D eigenvalue weighted by atomic mass is 10.4. The predicted molar refractivity (Wildman–Crippen MR) is 44.7 cm³/mol. The van der Waals surface area contributed by atoms with Crippen molar-refractivity contribution in [2.24, 2.45) is 0 Å². The summed E-state index contributed by atoms with van der Waals surface area (Å²) in [6.45, 7) is -1.14. The monoisotopic (exact) mass is 238 g/mol. The Morgan fingerprint density at radius 1 is 1.27 bits per heavy atom. The Labute approximate surface area is 90.7 Å². The predicted octanol–water partition coefficient (Wildman–Crippen LogP) is -1.46. The fourth-order valence-corrected chi connectivity index (χ4v) is 0.752. The first-order valence-corrected chi connectivity index (χ1v) is 4.63. The summed E-state index contributed by atoms with van der Waals surface area (Å²) in [6.07, 6.45) is -1.30. The molecule has 1 unspecified atom stereocenters. The topological polar surface area (TPSA) is 131 Å². The summed E-state index contributed by atoms with van der Waals surface area (Å²) in [5, 5.41) is 17.4. The molecule has 0 N–H and O–H groups in total. The fraction of sp³-hybridized carbons (Fsp3) is 0.750. The minimum atomic E-state index is -1.30. The summed E-state index contributed by atoms with van der Waals surface area (Å²) < 4.78 is 4.43. The zero-order valence-electron chi connectivity index (χ0n) is 7.65. The smallest absolute Gasteiger partial charge is 0.388 e. The summed E-state index contributed by atoms with van der Waals surface area (Å²) in [4.78, 5) is 37.4. The Bertz CT molecular complexity index is 239. The molecule has 0 fully saturated rings. The van der Waals surface area contributed by atoms with Gasteiger partial charge in [0, 0.05) is 0 Å². The van der Waals surface area contributed by atoms with Gasteiger partial charge in [0.2, 0.25) is 0 Å². The van der Waals surface area contributed by atoms with Crippen molar-refractivity contribution in [1.29, 1.82) is 0 Å². The average molecular weight is 238 g/mol. The van der Waals surface area contributed by atoms with E-state index >= 15 is 0 Å². The van der Waals surface area contributed by atoms with Crippen LogP contribution in [-0.2, 0) is 14.4 Å². The van der Waals surface area contributed by atoms with E-state index in [4.69, 9.17) is 0 Å². The van der Waals surface area contributed by atoms with Crippen molar-refractivity contribution in [2.75, 3.05) is 13.2 Å². The third kappa shape index (κ3) is 8.72. The number of carbonyl (C=O) groups is 1. The van der Waals surface area contributed by atoms with Crippen LogP contribution in [0.5, 0.6) is 0 Å². The van der Waals surface area contributed by atoms with Crippen molar-refractivity contribution < 1.29 is 29.4 Å². The quantitative estimate of drug-likeness (QED) is 0.298. The first-order chi connectivity index (χ1) is 6.91. The van der Waals surface area contributed by atoms with Gasteiger partial charge in [0.1, 0.15) is 13.2 Å². The lowest BCUT2D eigenvalue weighted by Crippen LogP contribution is -2.30. The van der Waals surface area contributed by atoms with Crippen LogP contribution in [-0.4, -0.2) is 50.6 Å². The van der Waals surface area contributed by atoms with E-state index in [2.05, 4.69) is 14.4 Å². The second kappa shape index (κ2) is 6.80. The Morgan fingerprint density at radius 2 is 1.87 bits per heavy atom. The molecular weight excluding hydrogens is 231 g/mol. The van der Waals surface area contributed by atoms with Gasteiger partial charge >= 0.3 is 16.3 Å². The molecule has 0 aromatic heterocycles. The fourth-order valence-electron chi connectivity index (χ4n) is 0.585. The molecule has 0 heterocycles. The summed E-state index contributed by atoms with van der Waals surface area (Å²) in [5.41, 5.74) is 0. The van der Waals surface area contributed by atoms with Crippen LogP contribution in [0.15, 0.2) is 0 Å². The molecule has 0 aromatic carbocycles. The third-order valence-corrected chi connectivity index (χ3v) is 1.36. The third-order valence-electron chi connectivity index (χ3n) is 1.07. The van der Waals surface area contributed by atoms with Gasteiger partial charge in [0.05, 0.1) is 0 Å². The molecule has 0 saturated carbocycles. The first-order valence-electron chi connectivity index (χ1n) is 3.63. The molecule has 0 aliphatic carbocycles. The van der Waals surface area contributed by atoms with Gasteiger partial charge < -0.3 is 14.4 Å². The van der Waals surface area contributed by atoms with Crippen LogP contribution < -0.4 is 0 Å². The zero-order chi connectivity index (χ0) is 11.8. The van der Waals surface area contributed by atoms with Gasteiger partial charge in [0.25, 0.3) is 10.2 Å². The minimum absolute atomic E-state index is 0.113. The highest BCUT2D eigenvalue weighted by Crippen LogP contribution is 1.96. The largest absolute Gasteiger partial charge is 0.479 e. The van der Waals surface area contributed by atoms with E-state index in [9.17, 15) is 25.0 Å². The Morgan fingerprint density at radius 3 is 2.27 bits per heavy atom. The van der Waals surface area contributed by atoms with E-state index in [0.717, 1.165) is 0 Å². The van der Waals surface area contributed by atoms with Crippen molar-refractivity contribution >= 4 is 21.1 Å². The maximum atomic E-state index is 10.4. The maximum Gasteiger partial charge on any atom is 0.388 e. The van der Waals surface area contributed by atoms with Crippen molar-refractivity contribution in [2.45, 2.75) is 6.10 Å². The van der Waals surface area contributed by atoms with Crippen LogP contribution in [0.25, 0.3) is 0 Å². The molecule has 0 rings (SSSR count). The summed E-state index contributed by atoms with van der Waals surface area (Å²) in [7, 11) is 0. The number of nitrogens with zero attached hydrogens (tertiary/aromatic N) is 2. The highest BCUT2D eigenvalue weighted by Gasteiger charge is 2.16. The molecule has 0 aliphatic rings. The number of hydrogen-bond donors (Lipinski definition) is 0. The molecule has 0 saturated heterocycles. The molecule has 84 valence electrons. The van der Waals surface area contributed by atoms with Crippen molar-refractivity contribution in [3.63, 3.8) is 0 Å². The van der Waals surface area contributed by atoms with E-state index in [1.165, 1.54) is 0 Å². The van der Waals surface area contributed by atoms with Crippen LogP contribution in [0.1, 0.15) is 0 Å². The molecule has 0 spiro atoms. The molecule has 0 aromatic rings. The van der Waals surface area contributed by atoms with Crippen molar-refractivity contribution in [3.8, 4) is 0 Å². The number of rotatable bonds is 7. The highest BCUT2D eigenvalue weighted by atomic mass is 27.0. The van der Waals surface area contributed by atoms with Crippen LogP contribution in [0, 0.1) is 20.2 Å². The molecule has 0 bridgehead atoms. The standard InChI is InChI=1S/C4H5N2O8.Al.2H/c7-3-12-1-4(14-6(10)11)2-13-5(8)9;;;/h4H,1-2H2;;;. The normalized spacial score (nSPS) is 11.2. The number of ether oxygens (including phenoxy) is 1. The molecule has 1 atom stereocenters. The van der Waals surface area contributed by atoms with Crippen molar-refractivity contribution in [3.05, 3.63) is 20.2 Å². The Hall–Kier alpha value is -1.60. The maximum absolute atomic E-state index is 10.4. The van der Waals surface area contributed by atoms with Crippen LogP contribution in [0.2, 0.25) is 0 Å². The van der Waals surface area contributed by atoms with E-state index in [1.807, 2.05) is 0 Å². The molecule has 0 aliphatic heterocycles. The SMILES string of the molecule is O=[C]([AlH2])OCC(CO[N+](=O)[O-])O[N+](=O)[O-]. The average Bonchev–Trinajstić information content (AvgIpc) is 2.08. The Balaban J connectivity index is 3.99. The minimum Gasteiger partial charge on any atom is -0.479 e. The first kappa shape index (κ1) is 13.4. The number of carbonyl (C=O) groups excluding carboxylic acids is 1. The van der Waals surface area contributed by atoms with Crippen molar-refractivity contribution in [1.82, 2.24) is 0 Å². The zero-order valence-corrected chi connectivity index (χ0v) is 9.65. The summed E-state index contributed by atoms with van der Waals surface area (Å²) >= 11 is 0.113. The van der Waals surface area contributed by atoms with Crippen LogP contribution in [0.4, 0.5) is 4.79 Å². The second-order valence-corrected chi connectivity index (χ2v) is 3.09.